The van der Waals surface area contributed by atoms with Gasteiger partial charge in [0, 0.05) is 30.2 Å². The number of aromatic nitrogens is 1. The number of carboxylic acids is 1. The van der Waals surface area contributed by atoms with Gasteiger partial charge in [-0.3, -0.25) is 4.79 Å². The van der Waals surface area contributed by atoms with Crippen molar-refractivity contribution in [1.29, 1.82) is 0 Å². The summed E-state index contributed by atoms with van der Waals surface area (Å²) < 4.78 is 7.45. The molecule has 2 atom stereocenters. The predicted octanol–water partition coefficient (Wildman–Crippen LogP) is 2.42. The van der Waals surface area contributed by atoms with Gasteiger partial charge in [0.25, 0.3) is 0 Å². The molecular formula is C19H24N2O4. The van der Waals surface area contributed by atoms with Gasteiger partial charge in [-0.05, 0) is 24.4 Å². The zero-order chi connectivity index (χ0) is 18.2. The number of nitrogens with zero attached hydrogens (tertiary/aromatic N) is 1. The van der Waals surface area contributed by atoms with E-state index in [0.717, 1.165) is 10.9 Å². The third-order valence-corrected chi connectivity index (χ3v) is 5.48. The van der Waals surface area contributed by atoms with Crippen molar-refractivity contribution in [2.75, 3.05) is 6.61 Å². The van der Waals surface area contributed by atoms with Gasteiger partial charge in [0.15, 0.2) is 0 Å². The van der Waals surface area contributed by atoms with Gasteiger partial charge < -0.3 is 19.7 Å². The normalized spacial score (nSPS) is 24.7. The summed E-state index contributed by atoms with van der Waals surface area (Å²) in [6.07, 6.45) is 1.94. The van der Waals surface area contributed by atoms with E-state index in [4.69, 9.17) is 4.74 Å². The lowest BCUT2D eigenvalue weighted by atomic mass is 9.54. The first-order chi connectivity index (χ1) is 11.8. The summed E-state index contributed by atoms with van der Waals surface area (Å²) in [6.45, 7) is 6.14. The molecule has 1 aliphatic carbocycles. The Labute approximate surface area is 146 Å². The number of aliphatic carboxylic acids is 1. The van der Waals surface area contributed by atoms with Crippen molar-refractivity contribution >= 4 is 22.8 Å². The second-order valence-electron chi connectivity index (χ2n) is 7.13. The van der Waals surface area contributed by atoms with Crippen LogP contribution in [0.4, 0.5) is 0 Å². The van der Waals surface area contributed by atoms with Crippen molar-refractivity contribution in [3.8, 4) is 0 Å². The van der Waals surface area contributed by atoms with Crippen molar-refractivity contribution in [3.63, 3.8) is 0 Å². The summed E-state index contributed by atoms with van der Waals surface area (Å²) in [5.41, 5.74) is -1.03. The molecule has 1 aromatic carbocycles. The molecule has 2 aromatic rings. The Morgan fingerprint density at radius 3 is 2.68 bits per heavy atom. The minimum Gasteiger partial charge on any atom is -0.479 e. The molecule has 1 aromatic heterocycles. The number of benzene rings is 1. The minimum atomic E-state index is -1.30. The molecular weight excluding hydrogens is 320 g/mol. The lowest BCUT2D eigenvalue weighted by Gasteiger charge is -2.58. The van der Waals surface area contributed by atoms with Gasteiger partial charge in [-0.2, -0.15) is 0 Å². The average Bonchev–Trinajstić information content (AvgIpc) is 2.96. The summed E-state index contributed by atoms with van der Waals surface area (Å²) in [7, 11) is 0. The van der Waals surface area contributed by atoms with Gasteiger partial charge in [0.2, 0.25) is 5.91 Å². The van der Waals surface area contributed by atoms with E-state index < -0.39 is 16.9 Å². The zero-order valence-corrected chi connectivity index (χ0v) is 14.8. The maximum atomic E-state index is 12.6. The smallest absolute Gasteiger partial charge is 0.330 e. The van der Waals surface area contributed by atoms with E-state index in [9.17, 15) is 14.7 Å². The summed E-state index contributed by atoms with van der Waals surface area (Å²) in [5.74, 6) is -1.33. The van der Waals surface area contributed by atoms with Crippen LogP contribution in [0.25, 0.3) is 10.9 Å². The Hall–Kier alpha value is -2.34. The maximum absolute atomic E-state index is 12.6. The number of carbonyl (C=O) groups is 2. The molecule has 1 saturated carbocycles. The lowest BCUT2D eigenvalue weighted by Crippen LogP contribution is -2.76. The second-order valence-corrected chi connectivity index (χ2v) is 7.13. The first-order valence-corrected chi connectivity index (χ1v) is 8.51. The molecule has 2 unspecified atom stereocenters. The molecule has 1 fully saturated rings. The standard InChI is InChI=1S/C19H24N2O4/c1-4-25-15-11-19(17(23)24,18(15,2)3)20-16(22)12-21-10-9-13-7-5-6-8-14(13)21/h5-10,15H,4,11-12H2,1-3H3,(H,20,22)(H,23,24). The van der Waals surface area contributed by atoms with E-state index in [2.05, 4.69) is 5.32 Å². The van der Waals surface area contributed by atoms with Crippen LogP contribution >= 0.6 is 0 Å². The molecule has 0 aliphatic heterocycles. The van der Waals surface area contributed by atoms with E-state index in [-0.39, 0.29) is 25.0 Å². The molecule has 2 N–H and O–H groups in total. The largest absolute Gasteiger partial charge is 0.479 e. The fourth-order valence-corrected chi connectivity index (χ4v) is 3.75. The van der Waals surface area contributed by atoms with Crippen molar-refractivity contribution in [2.45, 2.75) is 45.4 Å². The van der Waals surface area contributed by atoms with E-state index in [1.165, 1.54) is 0 Å². The van der Waals surface area contributed by atoms with Crippen LogP contribution in [0.1, 0.15) is 27.2 Å². The molecule has 0 saturated heterocycles. The molecule has 3 rings (SSSR count). The third-order valence-electron chi connectivity index (χ3n) is 5.48. The molecule has 134 valence electrons. The molecule has 0 radical (unpaired) electrons. The van der Waals surface area contributed by atoms with Crippen molar-refractivity contribution in [3.05, 3.63) is 36.5 Å². The second kappa shape index (κ2) is 6.19. The minimum absolute atomic E-state index is 0.0813. The first-order valence-electron chi connectivity index (χ1n) is 8.51. The molecule has 1 aliphatic rings. The fraction of sp³-hybridized carbons (Fsp3) is 0.474. The third kappa shape index (κ3) is 2.70. The Balaban J connectivity index is 1.78. The van der Waals surface area contributed by atoms with Crippen LogP contribution in [0.2, 0.25) is 0 Å². The number of hydrogen-bond acceptors (Lipinski definition) is 3. The number of carboxylic acid groups (broad SMARTS) is 1. The van der Waals surface area contributed by atoms with Gasteiger partial charge in [0.1, 0.15) is 12.1 Å². The van der Waals surface area contributed by atoms with E-state index in [0.29, 0.717) is 6.61 Å². The van der Waals surface area contributed by atoms with Crippen LogP contribution in [0.3, 0.4) is 0 Å². The van der Waals surface area contributed by atoms with Gasteiger partial charge in [-0.1, -0.05) is 32.0 Å². The fourth-order valence-electron chi connectivity index (χ4n) is 3.75. The summed E-state index contributed by atoms with van der Waals surface area (Å²) in [6, 6.07) is 9.71. The highest BCUT2D eigenvalue weighted by Gasteiger charge is 2.66. The van der Waals surface area contributed by atoms with Crippen LogP contribution in [0, 0.1) is 5.41 Å². The van der Waals surface area contributed by atoms with Crippen molar-refractivity contribution < 1.29 is 19.4 Å². The zero-order valence-electron chi connectivity index (χ0n) is 14.8. The number of ether oxygens (including phenoxy) is 1. The number of para-hydroxylation sites is 1. The van der Waals surface area contributed by atoms with Crippen molar-refractivity contribution in [1.82, 2.24) is 9.88 Å². The van der Waals surface area contributed by atoms with Gasteiger partial charge in [-0.15, -0.1) is 0 Å². The Kier molecular flexibility index (Phi) is 4.33. The van der Waals surface area contributed by atoms with Crippen LogP contribution < -0.4 is 5.32 Å². The number of amides is 1. The number of hydrogen-bond donors (Lipinski definition) is 2. The van der Waals surface area contributed by atoms with Gasteiger partial charge in [0.05, 0.1) is 6.10 Å². The van der Waals surface area contributed by atoms with Crippen LogP contribution in [0.15, 0.2) is 36.5 Å². The number of rotatable bonds is 6. The van der Waals surface area contributed by atoms with Crippen LogP contribution in [-0.2, 0) is 20.9 Å². The van der Waals surface area contributed by atoms with Crippen LogP contribution in [-0.4, -0.2) is 39.8 Å². The average molecular weight is 344 g/mol. The van der Waals surface area contributed by atoms with E-state index in [1.807, 2.05) is 61.9 Å². The summed E-state index contributed by atoms with van der Waals surface area (Å²) >= 11 is 0. The van der Waals surface area contributed by atoms with E-state index >= 15 is 0 Å². The summed E-state index contributed by atoms with van der Waals surface area (Å²) in [4.78, 5) is 24.5. The number of carbonyl (C=O) groups excluding carboxylic acids is 1. The van der Waals surface area contributed by atoms with Crippen LogP contribution in [0.5, 0.6) is 0 Å². The highest BCUT2D eigenvalue weighted by Crippen LogP contribution is 2.51. The Morgan fingerprint density at radius 1 is 1.32 bits per heavy atom. The molecule has 1 amide bonds. The molecule has 25 heavy (non-hydrogen) atoms. The van der Waals surface area contributed by atoms with Crippen molar-refractivity contribution in [2.24, 2.45) is 5.41 Å². The highest BCUT2D eigenvalue weighted by atomic mass is 16.5. The monoisotopic (exact) mass is 344 g/mol. The molecule has 1 heterocycles. The molecule has 6 nitrogen and oxygen atoms in total. The molecule has 0 bridgehead atoms. The first kappa shape index (κ1) is 17.5. The van der Waals surface area contributed by atoms with Gasteiger partial charge in [-0.25, -0.2) is 4.79 Å². The molecule has 0 spiro atoms. The number of nitrogens with one attached hydrogen (secondary N) is 1. The number of fused-ring (bicyclic) bond motifs is 1. The Bertz CT molecular complexity index is 811. The lowest BCUT2D eigenvalue weighted by molar-refractivity contribution is -0.194. The predicted molar refractivity (Wildman–Crippen MR) is 94.3 cm³/mol. The van der Waals surface area contributed by atoms with E-state index in [1.54, 1.807) is 0 Å². The molecule has 6 heteroatoms. The topological polar surface area (TPSA) is 80.6 Å². The van der Waals surface area contributed by atoms with Gasteiger partial charge >= 0.3 is 5.97 Å². The quantitative estimate of drug-likeness (QED) is 0.843. The maximum Gasteiger partial charge on any atom is 0.330 e. The SMILES string of the molecule is CCOC1CC(NC(=O)Cn2ccc3ccccc32)(C(=O)O)C1(C)C. The Morgan fingerprint density at radius 2 is 2.04 bits per heavy atom. The highest BCUT2D eigenvalue weighted by molar-refractivity contribution is 5.90. The summed E-state index contributed by atoms with van der Waals surface area (Å²) in [5, 5.41) is 13.6.